The number of fused-ring (bicyclic) bond motifs is 1. The first kappa shape index (κ1) is 25.9. The van der Waals surface area contributed by atoms with E-state index in [1.165, 1.54) is 5.56 Å². The number of hydrogen-bond acceptors (Lipinski definition) is 7. The molecule has 2 aromatic carbocycles. The zero-order valence-electron chi connectivity index (χ0n) is 21.8. The minimum atomic E-state index is -0.299. The van der Waals surface area contributed by atoms with Crippen LogP contribution in [0.15, 0.2) is 35.9 Å². The van der Waals surface area contributed by atoms with Crippen molar-refractivity contribution in [1.29, 1.82) is 0 Å². The van der Waals surface area contributed by atoms with Crippen LogP contribution in [0.5, 0.6) is 23.0 Å². The van der Waals surface area contributed by atoms with Gasteiger partial charge in [-0.15, -0.1) is 0 Å². The molecule has 0 aromatic heterocycles. The van der Waals surface area contributed by atoms with E-state index >= 15 is 0 Å². The zero-order chi connectivity index (χ0) is 25.7. The second-order valence-corrected chi connectivity index (χ2v) is 9.05. The highest BCUT2D eigenvalue weighted by Gasteiger charge is 2.26. The third kappa shape index (κ3) is 5.77. The molecule has 1 amide bonds. The van der Waals surface area contributed by atoms with E-state index in [9.17, 15) is 4.79 Å². The third-order valence-corrected chi connectivity index (χ3v) is 6.81. The summed E-state index contributed by atoms with van der Waals surface area (Å²) in [6, 6.07) is 9.96. The Labute approximate surface area is 213 Å². The molecular weight excluding hydrogens is 460 g/mol. The molecule has 1 unspecified atom stereocenters. The highest BCUT2D eigenvalue weighted by atomic mass is 16.7. The van der Waals surface area contributed by atoms with E-state index < -0.39 is 0 Å². The topological polar surface area (TPSA) is 69.7 Å². The van der Waals surface area contributed by atoms with Crippen LogP contribution in [-0.4, -0.2) is 76.6 Å². The largest absolute Gasteiger partial charge is 0.493 e. The number of carbonyl (C=O) groups is 1. The molecule has 1 aliphatic carbocycles. The van der Waals surface area contributed by atoms with Gasteiger partial charge < -0.3 is 28.6 Å². The average Bonchev–Trinajstić information content (AvgIpc) is 2.92. The summed E-state index contributed by atoms with van der Waals surface area (Å²) in [4.78, 5) is 17.6. The SMILES string of the molecule is COc1cc(CN2CCN(C(=O)C3=Cc4ccc(OC(C)OC)cc4CC3)CC2)cc(OC)c1OC. The van der Waals surface area contributed by atoms with E-state index in [-0.39, 0.29) is 12.2 Å². The van der Waals surface area contributed by atoms with Crippen molar-refractivity contribution in [1.82, 2.24) is 9.80 Å². The maximum atomic E-state index is 13.3. The molecule has 0 saturated carbocycles. The number of ether oxygens (including phenoxy) is 5. The molecule has 194 valence electrons. The summed E-state index contributed by atoms with van der Waals surface area (Å²) in [7, 11) is 6.47. The summed E-state index contributed by atoms with van der Waals surface area (Å²) in [6.45, 7) is 5.64. The normalized spacial score (nSPS) is 16.6. The molecule has 4 rings (SSSR count). The summed E-state index contributed by atoms with van der Waals surface area (Å²) in [5, 5.41) is 0. The summed E-state index contributed by atoms with van der Waals surface area (Å²) in [5.41, 5.74) is 4.24. The first-order chi connectivity index (χ1) is 17.4. The van der Waals surface area contributed by atoms with Gasteiger partial charge in [-0.05, 0) is 66.8 Å². The van der Waals surface area contributed by atoms with E-state index in [0.717, 1.165) is 54.9 Å². The Morgan fingerprint density at radius 2 is 1.61 bits per heavy atom. The van der Waals surface area contributed by atoms with Gasteiger partial charge >= 0.3 is 0 Å². The van der Waals surface area contributed by atoms with Crippen LogP contribution in [-0.2, 0) is 22.5 Å². The van der Waals surface area contributed by atoms with Gasteiger partial charge in [0.2, 0.25) is 11.7 Å². The van der Waals surface area contributed by atoms with Gasteiger partial charge in [0, 0.05) is 45.4 Å². The van der Waals surface area contributed by atoms with Gasteiger partial charge in [0.15, 0.2) is 17.8 Å². The van der Waals surface area contributed by atoms with Crippen LogP contribution in [0.4, 0.5) is 0 Å². The van der Waals surface area contributed by atoms with Gasteiger partial charge in [-0.25, -0.2) is 0 Å². The predicted octanol–water partition coefficient (Wildman–Crippen LogP) is 3.76. The summed E-state index contributed by atoms with van der Waals surface area (Å²) >= 11 is 0. The number of rotatable bonds is 9. The second kappa shape index (κ2) is 11.7. The molecule has 1 fully saturated rings. The molecular formula is C28H36N2O6. The summed E-state index contributed by atoms with van der Waals surface area (Å²) in [5.74, 6) is 2.82. The van der Waals surface area contributed by atoms with E-state index in [1.54, 1.807) is 28.4 Å². The van der Waals surface area contributed by atoms with Crippen molar-refractivity contribution >= 4 is 12.0 Å². The number of nitrogens with zero attached hydrogens (tertiary/aromatic N) is 2. The molecule has 1 atom stereocenters. The molecule has 0 spiro atoms. The van der Waals surface area contributed by atoms with Crippen LogP contribution in [0.25, 0.3) is 6.08 Å². The lowest BCUT2D eigenvalue weighted by Crippen LogP contribution is -2.48. The molecule has 36 heavy (non-hydrogen) atoms. The molecule has 0 bridgehead atoms. The summed E-state index contributed by atoms with van der Waals surface area (Å²) < 4.78 is 27.3. The third-order valence-electron chi connectivity index (χ3n) is 6.81. The average molecular weight is 497 g/mol. The van der Waals surface area contributed by atoms with E-state index in [0.29, 0.717) is 30.3 Å². The van der Waals surface area contributed by atoms with E-state index in [2.05, 4.69) is 4.90 Å². The van der Waals surface area contributed by atoms with Crippen LogP contribution in [0.2, 0.25) is 0 Å². The molecule has 2 aromatic rings. The Morgan fingerprint density at radius 3 is 2.22 bits per heavy atom. The van der Waals surface area contributed by atoms with Crippen LogP contribution in [0.3, 0.4) is 0 Å². The van der Waals surface area contributed by atoms with Crippen molar-refractivity contribution in [3.63, 3.8) is 0 Å². The van der Waals surface area contributed by atoms with Crippen molar-refractivity contribution < 1.29 is 28.5 Å². The van der Waals surface area contributed by atoms with Gasteiger partial charge in [0.25, 0.3) is 0 Å². The molecule has 8 heteroatoms. The van der Waals surface area contributed by atoms with Crippen molar-refractivity contribution in [2.24, 2.45) is 0 Å². The number of amides is 1. The molecule has 1 saturated heterocycles. The van der Waals surface area contributed by atoms with Gasteiger partial charge in [0.05, 0.1) is 21.3 Å². The standard InChI is InChI=1S/C28H36N2O6/c1-19(32-2)36-24-9-8-21-16-23(7-6-22(21)17-24)28(31)30-12-10-29(11-13-30)18-20-14-25(33-3)27(35-5)26(15-20)34-4/h8-9,14-17,19H,6-7,10-13,18H2,1-5H3. The molecule has 1 heterocycles. The fraction of sp³-hybridized carbons (Fsp3) is 0.464. The lowest BCUT2D eigenvalue weighted by molar-refractivity contribution is -0.129. The fourth-order valence-corrected chi connectivity index (χ4v) is 4.75. The Bertz CT molecular complexity index is 1080. The monoisotopic (exact) mass is 496 g/mol. The van der Waals surface area contributed by atoms with Gasteiger partial charge in [-0.1, -0.05) is 6.07 Å². The number of aryl methyl sites for hydroxylation is 1. The molecule has 0 N–H and O–H groups in total. The van der Waals surface area contributed by atoms with Crippen LogP contribution in [0.1, 0.15) is 30.0 Å². The van der Waals surface area contributed by atoms with Crippen LogP contribution < -0.4 is 18.9 Å². The Hall–Kier alpha value is -3.23. The van der Waals surface area contributed by atoms with Gasteiger partial charge in [0.1, 0.15) is 5.75 Å². The number of benzene rings is 2. The predicted molar refractivity (Wildman–Crippen MR) is 138 cm³/mol. The first-order valence-electron chi connectivity index (χ1n) is 12.3. The Balaban J connectivity index is 1.36. The quantitative estimate of drug-likeness (QED) is 0.490. The minimum Gasteiger partial charge on any atom is -0.493 e. The van der Waals surface area contributed by atoms with Gasteiger partial charge in [-0.2, -0.15) is 0 Å². The van der Waals surface area contributed by atoms with Crippen LogP contribution in [0, 0.1) is 0 Å². The Kier molecular flexibility index (Phi) is 8.38. The fourth-order valence-electron chi connectivity index (χ4n) is 4.75. The Morgan fingerprint density at radius 1 is 0.917 bits per heavy atom. The van der Waals surface area contributed by atoms with Crippen molar-refractivity contribution in [2.75, 3.05) is 54.6 Å². The van der Waals surface area contributed by atoms with Gasteiger partial charge in [-0.3, -0.25) is 9.69 Å². The molecule has 2 aliphatic rings. The maximum Gasteiger partial charge on any atom is 0.249 e. The lowest BCUT2D eigenvalue weighted by Gasteiger charge is -2.35. The van der Waals surface area contributed by atoms with Crippen molar-refractivity contribution in [3.8, 4) is 23.0 Å². The first-order valence-corrected chi connectivity index (χ1v) is 12.3. The highest BCUT2D eigenvalue weighted by molar-refractivity contribution is 5.98. The van der Waals surface area contributed by atoms with Crippen LogP contribution >= 0.6 is 0 Å². The summed E-state index contributed by atoms with van der Waals surface area (Å²) in [6.07, 6.45) is 3.30. The number of piperazine rings is 1. The second-order valence-electron chi connectivity index (χ2n) is 9.05. The highest BCUT2D eigenvalue weighted by Crippen LogP contribution is 2.38. The number of methoxy groups -OCH3 is 4. The zero-order valence-corrected chi connectivity index (χ0v) is 21.8. The number of hydrogen-bond donors (Lipinski definition) is 0. The smallest absolute Gasteiger partial charge is 0.249 e. The number of carbonyl (C=O) groups excluding carboxylic acids is 1. The lowest BCUT2D eigenvalue weighted by atomic mass is 9.91. The van der Waals surface area contributed by atoms with Crippen molar-refractivity contribution in [3.05, 3.63) is 52.6 Å². The minimum absolute atomic E-state index is 0.140. The van der Waals surface area contributed by atoms with E-state index in [4.69, 9.17) is 23.7 Å². The van der Waals surface area contributed by atoms with E-state index in [1.807, 2.05) is 48.2 Å². The van der Waals surface area contributed by atoms with Crippen molar-refractivity contribution in [2.45, 2.75) is 32.6 Å². The maximum absolute atomic E-state index is 13.3. The molecule has 0 radical (unpaired) electrons. The molecule has 8 nitrogen and oxygen atoms in total. The molecule has 1 aliphatic heterocycles.